The Morgan fingerprint density at radius 3 is 2.94 bits per heavy atom. The molecule has 1 aliphatic rings. The second-order valence-corrected chi connectivity index (χ2v) is 4.50. The molecule has 1 aromatic rings. The molecule has 5 nitrogen and oxygen atoms in total. The molecule has 2 heterocycles. The van der Waals surface area contributed by atoms with Gasteiger partial charge in [0.15, 0.2) is 5.43 Å². The number of amides is 1. The Bertz CT molecular complexity index is 481. The minimum atomic E-state index is -0.211. The van der Waals surface area contributed by atoms with Crippen LogP contribution in [-0.4, -0.2) is 41.5 Å². The summed E-state index contributed by atoms with van der Waals surface area (Å²) in [5.41, 5.74) is 0.780. The first-order valence-corrected chi connectivity index (χ1v) is 5.80. The predicted molar refractivity (Wildman–Crippen MR) is 65.2 cm³/mol. The third kappa shape index (κ3) is 2.55. The van der Waals surface area contributed by atoms with Crippen LogP contribution in [0.15, 0.2) is 17.1 Å². The van der Waals surface area contributed by atoms with Crippen LogP contribution in [0.3, 0.4) is 0 Å². The van der Waals surface area contributed by atoms with Crippen molar-refractivity contribution in [3.05, 3.63) is 33.7 Å². The number of aromatic nitrogens is 1. The Morgan fingerprint density at radius 2 is 2.29 bits per heavy atom. The molecule has 0 bridgehead atoms. The summed E-state index contributed by atoms with van der Waals surface area (Å²) in [4.78, 5) is 28.5. The highest BCUT2D eigenvalue weighted by molar-refractivity contribution is 5.93. The lowest BCUT2D eigenvalue weighted by Gasteiger charge is -2.31. The molecule has 0 radical (unpaired) electrons. The number of aryl methyl sites for hydroxylation is 1. The van der Waals surface area contributed by atoms with Gasteiger partial charge < -0.3 is 15.2 Å². The van der Waals surface area contributed by atoms with Gasteiger partial charge in [-0.2, -0.15) is 0 Å². The summed E-state index contributed by atoms with van der Waals surface area (Å²) in [5.74, 6) is -0.181. The molecule has 1 saturated heterocycles. The van der Waals surface area contributed by atoms with E-state index in [0.29, 0.717) is 13.1 Å². The molecule has 0 spiro atoms. The Hall–Kier alpha value is -1.62. The molecule has 1 aromatic heterocycles. The quantitative estimate of drug-likeness (QED) is 0.726. The van der Waals surface area contributed by atoms with Gasteiger partial charge in [-0.05, 0) is 13.8 Å². The Balaban J connectivity index is 2.22. The number of H-pyrrole nitrogens is 1. The van der Waals surface area contributed by atoms with E-state index in [1.807, 2.05) is 6.92 Å². The molecule has 5 heteroatoms. The number of pyridine rings is 1. The van der Waals surface area contributed by atoms with Crippen molar-refractivity contribution in [1.29, 1.82) is 0 Å². The second kappa shape index (κ2) is 4.71. The van der Waals surface area contributed by atoms with Gasteiger partial charge in [0, 0.05) is 43.6 Å². The van der Waals surface area contributed by atoms with Gasteiger partial charge in [-0.1, -0.05) is 0 Å². The number of nitrogens with zero attached hydrogens (tertiary/aromatic N) is 1. The van der Waals surface area contributed by atoms with E-state index in [2.05, 4.69) is 10.3 Å². The maximum atomic E-state index is 12.2. The lowest BCUT2D eigenvalue weighted by molar-refractivity contribution is 0.0707. The van der Waals surface area contributed by atoms with E-state index >= 15 is 0 Å². The molecule has 2 N–H and O–H groups in total. The molecular formula is C12H17N3O2. The zero-order valence-electron chi connectivity index (χ0n) is 10.1. The third-order valence-corrected chi connectivity index (χ3v) is 2.94. The second-order valence-electron chi connectivity index (χ2n) is 4.50. The van der Waals surface area contributed by atoms with Crippen LogP contribution < -0.4 is 10.7 Å². The van der Waals surface area contributed by atoms with Gasteiger partial charge in [0.05, 0.1) is 0 Å². The van der Waals surface area contributed by atoms with Crippen LogP contribution in [0.2, 0.25) is 0 Å². The Morgan fingerprint density at radius 1 is 1.53 bits per heavy atom. The summed E-state index contributed by atoms with van der Waals surface area (Å²) in [7, 11) is 0. The number of hydrogen-bond donors (Lipinski definition) is 2. The number of carbonyl (C=O) groups excluding carboxylic acids is 1. The highest BCUT2D eigenvalue weighted by Gasteiger charge is 2.23. The van der Waals surface area contributed by atoms with Crippen molar-refractivity contribution < 1.29 is 4.79 Å². The first-order chi connectivity index (χ1) is 8.08. The molecule has 1 fully saturated rings. The number of nitrogens with one attached hydrogen (secondary N) is 2. The number of aromatic amines is 1. The summed E-state index contributed by atoms with van der Waals surface area (Å²) in [5, 5.41) is 3.26. The van der Waals surface area contributed by atoms with Crippen LogP contribution in [0.1, 0.15) is 23.0 Å². The number of carbonyl (C=O) groups is 1. The van der Waals surface area contributed by atoms with Crippen LogP contribution in [0.5, 0.6) is 0 Å². The normalized spacial score (nSPS) is 20.4. The number of piperazine rings is 1. The summed E-state index contributed by atoms with van der Waals surface area (Å²) in [6.07, 6.45) is 1.51. The molecule has 1 unspecified atom stereocenters. The smallest absolute Gasteiger partial charge is 0.259 e. The van der Waals surface area contributed by atoms with Gasteiger partial charge in [-0.25, -0.2) is 0 Å². The summed E-state index contributed by atoms with van der Waals surface area (Å²) < 4.78 is 0. The van der Waals surface area contributed by atoms with Crippen molar-refractivity contribution >= 4 is 5.91 Å². The van der Waals surface area contributed by atoms with Crippen molar-refractivity contribution in [3.8, 4) is 0 Å². The standard InChI is InChI=1S/C12H17N3O2/c1-8-5-11(16)10(6-14-8)12(17)15-4-3-13-9(2)7-15/h5-6,9,13H,3-4,7H2,1-2H3,(H,14,16). The molecule has 1 atom stereocenters. The first kappa shape index (κ1) is 11.9. The van der Waals surface area contributed by atoms with Gasteiger partial charge >= 0.3 is 0 Å². The third-order valence-electron chi connectivity index (χ3n) is 2.94. The average molecular weight is 235 g/mol. The lowest BCUT2D eigenvalue weighted by Crippen LogP contribution is -2.52. The van der Waals surface area contributed by atoms with Crippen molar-refractivity contribution in [2.75, 3.05) is 19.6 Å². The van der Waals surface area contributed by atoms with Gasteiger partial charge in [-0.3, -0.25) is 9.59 Å². The van der Waals surface area contributed by atoms with E-state index in [0.717, 1.165) is 12.2 Å². The monoisotopic (exact) mass is 235 g/mol. The van der Waals surface area contributed by atoms with E-state index < -0.39 is 0 Å². The van der Waals surface area contributed by atoms with E-state index in [-0.39, 0.29) is 22.9 Å². The fraction of sp³-hybridized carbons (Fsp3) is 0.500. The largest absolute Gasteiger partial charge is 0.364 e. The van der Waals surface area contributed by atoms with E-state index in [1.54, 1.807) is 11.8 Å². The fourth-order valence-corrected chi connectivity index (χ4v) is 2.03. The topological polar surface area (TPSA) is 65.2 Å². The van der Waals surface area contributed by atoms with Crippen LogP contribution in [0.4, 0.5) is 0 Å². The van der Waals surface area contributed by atoms with Gasteiger partial charge in [-0.15, -0.1) is 0 Å². The molecule has 92 valence electrons. The summed E-state index contributed by atoms with van der Waals surface area (Å²) in [6, 6.07) is 1.73. The lowest BCUT2D eigenvalue weighted by atomic mass is 10.1. The maximum absolute atomic E-state index is 12.2. The Kier molecular flexibility index (Phi) is 3.28. The van der Waals surface area contributed by atoms with Crippen LogP contribution >= 0.6 is 0 Å². The van der Waals surface area contributed by atoms with E-state index in [4.69, 9.17) is 0 Å². The molecule has 17 heavy (non-hydrogen) atoms. The highest BCUT2D eigenvalue weighted by Crippen LogP contribution is 2.04. The zero-order chi connectivity index (χ0) is 12.4. The van der Waals surface area contributed by atoms with Crippen molar-refractivity contribution in [2.45, 2.75) is 19.9 Å². The molecular weight excluding hydrogens is 218 g/mol. The molecule has 0 saturated carbocycles. The molecule has 0 aromatic carbocycles. The van der Waals surface area contributed by atoms with Crippen molar-refractivity contribution in [3.63, 3.8) is 0 Å². The van der Waals surface area contributed by atoms with Gasteiger partial charge in [0.1, 0.15) is 5.56 Å². The van der Waals surface area contributed by atoms with Gasteiger partial charge in [0.25, 0.3) is 5.91 Å². The highest BCUT2D eigenvalue weighted by atomic mass is 16.2. The van der Waals surface area contributed by atoms with E-state index in [1.165, 1.54) is 12.3 Å². The molecule has 0 aliphatic carbocycles. The van der Waals surface area contributed by atoms with Crippen LogP contribution in [-0.2, 0) is 0 Å². The number of hydrogen-bond acceptors (Lipinski definition) is 3. The van der Waals surface area contributed by atoms with Gasteiger partial charge in [0.2, 0.25) is 0 Å². The molecule has 1 aliphatic heterocycles. The minimum absolute atomic E-state index is 0.181. The SMILES string of the molecule is Cc1cc(=O)c(C(=O)N2CCNC(C)C2)c[nH]1. The average Bonchev–Trinajstić information content (AvgIpc) is 2.28. The van der Waals surface area contributed by atoms with Crippen molar-refractivity contribution in [2.24, 2.45) is 0 Å². The Labute approximate surface area is 99.8 Å². The van der Waals surface area contributed by atoms with Crippen LogP contribution in [0, 0.1) is 6.92 Å². The zero-order valence-corrected chi connectivity index (χ0v) is 10.1. The predicted octanol–water partition coefficient (Wildman–Crippen LogP) is 0.117. The first-order valence-electron chi connectivity index (χ1n) is 5.80. The molecule has 2 rings (SSSR count). The molecule has 1 amide bonds. The van der Waals surface area contributed by atoms with Crippen molar-refractivity contribution in [1.82, 2.24) is 15.2 Å². The summed E-state index contributed by atoms with van der Waals surface area (Å²) >= 11 is 0. The fourth-order valence-electron chi connectivity index (χ4n) is 2.03. The van der Waals surface area contributed by atoms with Crippen LogP contribution in [0.25, 0.3) is 0 Å². The minimum Gasteiger partial charge on any atom is -0.364 e. The van der Waals surface area contributed by atoms with E-state index in [9.17, 15) is 9.59 Å². The summed E-state index contributed by atoms with van der Waals surface area (Å²) in [6.45, 7) is 5.89. The number of rotatable bonds is 1. The maximum Gasteiger partial charge on any atom is 0.259 e.